The standard InChI is InChI=1S/C14H17N3/c1-8-4-5-11(9(2)13(8)15)12-6-7-17-10(3)14(12)16/h4-7H,15-16H2,1-3H3. The summed E-state index contributed by atoms with van der Waals surface area (Å²) in [6, 6.07) is 6.01. The molecule has 88 valence electrons. The SMILES string of the molecule is Cc1ccc(-c2ccnc(C)c2N)c(C)c1N. The number of aromatic nitrogens is 1. The molecule has 4 N–H and O–H groups in total. The van der Waals surface area contributed by atoms with E-state index in [9.17, 15) is 0 Å². The molecular formula is C14H17N3. The van der Waals surface area contributed by atoms with Gasteiger partial charge < -0.3 is 11.5 Å². The van der Waals surface area contributed by atoms with Crippen LogP contribution in [0.25, 0.3) is 11.1 Å². The van der Waals surface area contributed by atoms with Crippen molar-refractivity contribution in [1.29, 1.82) is 0 Å². The van der Waals surface area contributed by atoms with E-state index in [4.69, 9.17) is 11.5 Å². The number of nitrogen functional groups attached to an aromatic ring is 2. The molecule has 0 amide bonds. The Bertz CT molecular complexity index is 574. The molecule has 0 atom stereocenters. The van der Waals surface area contributed by atoms with Gasteiger partial charge in [-0.25, -0.2) is 0 Å². The second-order valence-corrected chi connectivity index (χ2v) is 4.33. The van der Waals surface area contributed by atoms with Gasteiger partial charge in [0, 0.05) is 17.4 Å². The lowest BCUT2D eigenvalue weighted by atomic mass is 9.96. The number of aryl methyl sites for hydroxylation is 2. The summed E-state index contributed by atoms with van der Waals surface area (Å²) < 4.78 is 0. The Labute approximate surface area is 101 Å². The summed E-state index contributed by atoms with van der Waals surface area (Å²) in [4.78, 5) is 4.18. The molecule has 0 unspecified atom stereocenters. The van der Waals surface area contributed by atoms with E-state index in [1.54, 1.807) is 6.20 Å². The number of hydrogen-bond donors (Lipinski definition) is 2. The molecule has 1 aromatic heterocycles. The average Bonchev–Trinajstić information content (AvgIpc) is 2.31. The van der Waals surface area contributed by atoms with Crippen molar-refractivity contribution in [2.24, 2.45) is 0 Å². The molecule has 0 radical (unpaired) electrons. The molecule has 0 spiro atoms. The van der Waals surface area contributed by atoms with Gasteiger partial charge in [0.05, 0.1) is 11.4 Å². The number of benzene rings is 1. The molecule has 3 heteroatoms. The smallest absolute Gasteiger partial charge is 0.0610 e. The van der Waals surface area contributed by atoms with Crippen molar-refractivity contribution < 1.29 is 0 Å². The van der Waals surface area contributed by atoms with Crippen LogP contribution in [0.5, 0.6) is 0 Å². The van der Waals surface area contributed by atoms with E-state index in [0.717, 1.165) is 39.3 Å². The molecular weight excluding hydrogens is 210 g/mol. The third kappa shape index (κ3) is 1.84. The molecule has 0 bridgehead atoms. The van der Waals surface area contributed by atoms with Crippen LogP contribution in [-0.4, -0.2) is 4.98 Å². The Morgan fingerprint density at radius 2 is 1.59 bits per heavy atom. The van der Waals surface area contributed by atoms with Crippen LogP contribution in [0.2, 0.25) is 0 Å². The van der Waals surface area contributed by atoms with E-state index >= 15 is 0 Å². The highest BCUT2D eigenvalue weighted by Crippen LogP contribution is 2.33. The maximum absolute atomic E-state index is 6.07. The molecule has 1 heterocycles. The van der Waals surface area contributed by atoms with Gasteiger partial charge in [-0.2, -0.15) is 0 Å². The minimum atomic E-state index is 0.721. The van der Waals surface area contributed by atoms with Crippen molar-refractivity contribution in [2.75, 3.05) is 11.5 Å². The molecule has 0 fully saturated rings. The largest absolute Gasteiger partial charge is 0.398 e. The van der Waals surface area contributed by atoms with Gasteiger partial charge in [-0.3, -0.25) is 4.98 Å². The predicted octanol–water partition coefficient (Wildman–Crippen LogP) is 2.84. The fourth-order valence-corrected chi connectivity index (χ4v) is 1.97. The van der Waals surface area contributed by atoms with Gasteiger partial charge in [0.25, 0.3) is 0 Å². The molecule has 0 aliphatic rings. The first-order valence-corrected chi connectivity index (χ1v) is 5.59. The lowest BCUT2D eigenvalue weighted by Crippen LogP contribution is -2.00. The highest BCUT2D eigenvalue weighted by atomic mass is 14.7. The monoisotopic (exact) mass is 227 g/mol. The Morgan fingerprint density at radius 3 is 2.29 bits per heavy atom. The zero-order valence-electron chi connectivity index (χ0n) is 10.4. The highest BCUT2D eigenvalue weighted by molar-refractivity contribution is 5.82. The zero-order chi connectivity index (χ0) is 12.6. The zero-order valence-corrected chi connectivity index (χ0v) is 10.4. The Kier molecular flexibility index (Phi) is 2.76. The van der Waals surface area contributed by atoms with Gasteiger partial charge >= 0.3 is 0 Å². The van der Waals surface area contributed by atoms with Gasteiger partial charge in [-0.05, 0) is 43.5 Å². The summed E-state index contributed by atoms with van der Waals surface area (Å²) in [7, 11) is 0. The van der Waals surface area contributed by atoms with Crippen molar-refractivity contribution >= 4 is 11.4 Å². The molecule has 0 aliphatic carbocycles. The molecule has 17 heavy (non-hydrogen) atoms. The molecule has 2 rings (SSSR count). The van der Waals surface area contributed by atoms with Crippen molar-refractivity contribution in [1.82, 2.24) is 4.98 Å². The van der Waals surface area contributed by atoms with E-state index in [-0.39, 0.29) is 0 Å². The van der Waals surface area contributed by atoms with E-state index in [0.29, 0.717) is 0 Å². The number of hydrogen-bond acceptors (Lipinski definition) is 3. The van der Waals surface area contributed by atoms with Crippen molar-refractivity contribution in [3.05, 3.63) is 41.2 Å². The highest BCUT2D eigenvalue weighted by Gasteiger charge is 2.10. The Balaban J connectivity index is 2.69. The Hall–Kier alpha value is -2.03. The summed E-state index contributed by atoms with van der Waals surface area (Å²) >= 11 is 0. The lowest BCUT2D eigenvalue weighted by Gasteiger charge is -2.13. The van der Waals surface area contributed by atoms with Crippen LogP contribution in [0.3, 0.4) is 0 Å². The quantitative estimate of drug-likeness (QED) is 0.736. The molecule has 0 aliphatic heterocycles. The Morgan fingerprint density at radius 1 is 0.882 bits per heavy atom. The van der Waals surface area contributed by atoms with Crippen LogP contribution in [0.1, 0.15) is 16.8 Å². The molecule has 3 nitrogen and oxygen atoms in total. The summed E-state index contributed by atoms with van der Waals surface area (Å²) in [6.07, 6.45) is 1.77. The van der Waals surface area contributed by atoms with Crippen LogP contribution < -0.4 is 11.5 Å². The van der Waals surface area contributed by atoms with Gasteiger partial charge in [0.15, 0.2) is 0 Å². The van der Waals surface area contributed by atoms with E-state index < -0.39 is 0 Å². The first-order chi connectivity index (χ1) is 8.02. The van der Waals surface area contributed by atoms with E-state index in [2.05, 4.69) is 11.1 Å². The molecule has 2 aromatic rings. The van der Waals surface area contributed by atoms with Gasteiger partial charge in [-0.15, -0.1) is 0 Å². The summed E-state index contributed by atoms with van der Waals surface area (Å²) in [5, 5.41) is 0. The molecule has 1 aromatic carbocycles. The molecule has 0 saturated carbocycles. The minimum absolute atomic E-state index is 0.721. The second kappa shape index (κ2) is 4.09. The van der Waals surface area contributed by atoms with Crippen LogP contribution in [0.4, 0.5) is 11.4 Å². The first kappa shape index (κ1) is 11.5. The minimum Gasteiger partial charge on any atom is -0.398 e. The first-order valence-electron chi connectivity index (χ1n) is 5.59. The van der Waals surface area contributed by atoms with Crippen LogP contribution >= 0.6 is 0 Å². The van der Waals surface area contributed by atoms with Crippen molar-refractivity contribution in [3.8, 4) is 11.1 Å². The van der Waals surface area contributed by atoms with Crippen molar-refractivity contribution in [2.45, 2.75) is 20.8 Å². The summed E-state index contributed by atoms with van der Waals surface area (Å²) in [5.74, 6) is 0. The van der Waals surface area contributed by atoms with Crippen LogP contribution in [0.15, 0.2) is 24.4 Å². The number of nitrogens with two attached hydrogens (primary N) is 2. The number of rotatable bonds is 1. The van der Waals surface area contributed by atoms with E-state index in [1.807, 2.05) is 32.9 Å². The third-order valence-electron chi connectivity index (χ3n) is 3.21. The van der Waals surface area contributed by atoms with Gasteiger partial charge in [0.1, 0.15) is 0 Å². The summed E-state index contributed by atoms with van der Waals surface area (Å²) in [6.45, 7) is 5.94. The second-order valence-electron chi connectivity index (χ2n) is 4.33. The average molecular weight is 227 g/mol. The normalized spacial score (nSPS) is 10.5. The van der Waals surface area contributed by atoms with E-state index in [1.165, 1.54) is 0 Å². The van der Waals surface area contributed by atoms with Crippen LogP contribution in [-0.2, 0) is 0 Å². The molecule has 0 saturated heterocycles. The summed E-state index contributed by atoms with van der Waals surface area (Å²) in [5.41, 5.74) is 18.8. The lowest BCUT2D eigenvalue weighted by molar-refractivity contribution is 1.21. The van der Waals surface area contributed by atoms with Gasteiger partial charge in [0.2, 0.25) is 0 Å². The number of nitrogens with zero attached hydrogens (tertiary/aromatic N) is 1. The topological polar surface area (TPSA) is 64.9 Å². The van der Waals surface area contributed by atoms with Gasteiger partial charge in [-0.1, -0.05) is 12.1 Å². The number of pyridine rings is 1. The fraction of sp³-hybridized carbons (Fsp3) is 0.214. The van der Waals surface area contributed by atoms with Crippen molar-refractivity contribution in [3.63, 3.8) is 0 Å². The third-order valence-corrected chi connectivity index (χ3v) is 3.21. The predicted molar refractivity (Wildman–Crippen MR) is 72.7 cm³/mol. The maximum Gasteiger partial charge on any atom is 0.0610 e. The van der Waals surface area contributed by atoms with Crippen LogP contribution in [0, 0.1) is 20.8 Å². The maximum atomic E-state index is 6.07. The fourth-order valence-electron chi connectivity index (χ4n) is 1.97. The number of anilines is 2.